The lowest BCUT2D eigenvalue weighted by molar-refractivity contribution is -0.384. The molecule has 1 aliphatic heterocycles. The molecule has 1 aliphatic rings. The minimum Gasteiger partial charge on any atom is -0.462 e. The third-order valence-electron chi connectivity index (χ3n) is 4.97. The highest BCUT2D eigenvalue weighted by Crippen LogP contribution is 2.25. The van der Waals surface area contributed by atoms with E-state index >= 15 is 0 Å². The fourth-order valence-corrected chi connectivity index (χ4v) is 3.68. The first kappa shape index (κ1) is 26.7. The van der Waals surface area contributed by atoms with Gasteiger partial charge in [-0.3, -0.25) is 19.7 Å². The molecule has 0 N–H and O–H groups in total. The van der Waals surface area contributed by atoms with Gasteiger partial charge in [-0.25, -0.2) is 0 Å². The van der Waals surface area contributed by atoms with Crippen molar-refractivity contribution in [2.45, 2.75) is 53.2 Å². The SMILES string of the molecule is CC(=O)OC[C@H](OC(C)=O)[C@H]1C/C(=C/C(C)=C/C(C)=C/C(C)=C/c2ccc([N+](=O)[O-])cc2)CO1. The van der Waals surface area contributed by atoms with Gasteiger partial charge >= 0.3 is 11.9 Å². The number of nitro groups is 1. The number of hydrogen-bond acceptors (Lipinski definition) is 7. The summed E-state index contributed by atoms with van der Waals surface area (Å²) in [6.07, 6.45) is 7.65. The Morgan fingerprint density at radius 2 is 1.71 bits per heavy atom. The Balaban J connectivity index is 2.03. The van der Waals surface area contributed by atoms with Crippen molar-refractivity contribution in [2.24, 2.45) is 0 Å². The molecule has 34 heavy (non-hydrogen) atoms. The van der Waals surface area contributed by atoms with Gasteiger partial charge < -0.3 is 14.2 Å². The molecule has 182 valence electrons. The predicted molar refractivity (Wildman–Crippen MR) is 129 cm³/mol. The van der Waals surface area contributed by atoms with Crippen LogP contribution in [-0.2, 0) is 23.8 Å². The zero-order valence-corrected chi connectivity index (χ0v) is 20.2. The molecular formula is C26H31NO7. The maximum Gasteiger partial charge on any atom is 0.303 e. The molecule has 0 saturated carbocycles. The number of hydrogen-bond donors (Lipinski definition) is 0. The van der Waals surface area contributed by atoms with Gasteiger partial charge in [0.05, 0.1) is 11.5 Å². The molecule has 2 atom stereocenters. The Morgan fingerprint density at radius 3 is 2.29 bits per heavy atom. The van der Waals surface area contributed by atoms with Crippen LogP contribution in [0.25, 0.3) is 6.08 Å². The highest BCUT2D eigenvalue weighted by atomic mass is 16.6. The summed E-state index contributed by atoms with van der Waals surface area (Å²) < 4.78 is 16.1. The van der Waals surface area contributed by atoms with Gasteiger partial charge in [-0.1, -0.05) is 41.0 Å². The smallest absolute Gasteiger partial charge is 0.303 e. The first-order valence-electron chi connectivity index (χ1n) is 10.9. The van der Waals surface area contributed by atoms with Gasteiger partial charge in [0.15, 0.2) is 6.10 Å². The van der Waals surface area contributed by atoms with Crippen LogP contribution in [-0.4, -0.2) is 42.3 Å². The Labute approximate surface area is 199 Å². The van der Waals surface area contributed by atoms with Crippen LogP contribution in [0.2, 0.25) is 0 Å². The van der Waals surface area contributed by atoms with Crippen molar-refractivity contribution in [2.75, 3.05) is 13.2 Å². The van der Waals surface area contributed by atoms with Crippen LogP contribution >= 0.6 is 0 Å². The van der Waals surface area contributed by atoms with Crippen molar-refractivity contribution < 1.29 is 28.7 Å². The summed E-state index contributed by atoms with van der Waals surface area (Å²) in [6.45, 7) is 8.96. The van der Waals surface area contributed by atoms with Gasteiger partial charge in [0.2, 0.25) is 0 Å². The molecular weight excluding hydrogens is 438 g/mol. The van der Waals surface area contributed by atoms with E-state index in [1.54, 1.807) is 12.1 Å². The number of non-ortho nitro benzene ring substituents is 1. The third-order valence-corrected chi connectivity index (χ3v) is 4.97. The van der Waals surface area contributed by atoms with Crippen LogP contribution in [0.1, 0.15) is 46.6 Å². The molecule has 0 amide bonds. The second-order valence-electron chi connectivity index (χ2n) is 8.32. The van der Waals surface area contributed by atoms with Crippen molar-refractivity contribution >= 4 is 23.7 Å². The van der Waals surface area contributed by atoms with E-state index in [9.17, 15) is 19.7 Å². The maximum atomic E-state index is 11.4. The van der Waals surface area contributed by atoms with Gasteiger partial charge in [-0.2, -0.15) is 0 Å². The number of nitrogens with zero attached hydrogens (tertiary/aromatic N) is 1. The van der Waals surface area contributed by atoms with Gasteiger partial charge in [0.25, 0.3) is 5.69 Å². The van der Waals surface area contributed by atoms with Crippen LogP contribution < -0.4 is 0 Å². The third kappa shape index (κ3) is 9.15. The van der Waals surface area contributed by atoms with Crippen molar-refractivity contribution in [3.63, 3.8) is 0 Å². The van der Waals surface area contributed by atoms with E-state index in [4.69, 9.17) is 14.2 Å². The summed E-state index contributed by atoms with van der Waals surface area (Å²) in [5, 5.41) is 10.8. The van der Waals surface area contributed by atoms with Crippen LogP contribution in [0.4, 0.5) is 5.69 Å². The summed E-state index contributed by atoms with van der Waals surface area (Å²) in [4.78, 5) is 32.9. The van der Waals surface area contributed by atoms with Crippen molar-refractivity contribution in [1.82, 2.24) is 0 Å². The molecule has 1 heterocycles. The lowest BCUT2D eigenvalue weighted by Crippen LogP contribution is -2.35. The molecule has 0 spiro atoms. The van der Waals surface area contributed by atoms with E-state index in [-0.39, 0.29) is 18.4 Å². The zero-order valence-electron chi connectivity index (χ0n) is 20.2. The average Bonchev–Trinajstić information content (AvgIpc) is 3.18. The minimum absolute atomic E-state index is 0.0378. The van der Waals surface area contributed by atoms with Crippen molar-refractivity contribution in [3.05, 3.63) is 80.5 Å². The number of carbonyl (C=O) groups excluding carboxylic acids is 2. The molecule has 8 heteroatoms. The molecule has 1 aromatic rings. The molecule has 1 aromatic carbocycles. The first-order valence-corrected chi connectivity index (χ1v) is 10.9. The molecule has 0 radical (unpaired) electrons. The summed E-state index contributed by atoms with van der Waals surface area (Å²) in [5.41, 5.74) is 5.12. The summed E-state index contributed by atoms with van der Waals surface area (Å²) in [6, 6.07) is 6.41. The number of benzene rings is 1. The normalized spacial score (nSPS) is 19.1. The van der Waals surface area contributed by atoms with E-state index in [2.05, 4.69) is 6.08 Å². The van der Waals surface area contributed by atoms with E-state index < -0.39 is 23.0 Å². The average molecular weight is 470 g/mol. The lowest BCUT2D eigenvalue weighted by atomic mass is 10.0. The van der Waals surface area contributed by atoms with Crippen LogP contribution in [0, 0.1) is 10.1 Å². The van der Waals surface area contributed by atoms with Gasteiger partial charge in [-0.05, 0) is 44.0 Å². The highest BCUT2D eigenvalue weighted by Gasteiger charge is 2.31. The highest BCUT2D eigenvalue weighted by molar-refractivity contribution is 5.67. The second-order valence-corrected chi connectivity index (χ2v) is 8.32. The fraction of sp³-hybridized carbons (Fsp3) is 0.385. The van der Waals surface area contributed by atoms with E-state index in [0.29, 0.717) is 13.0 Å². The molecule has 0 unspecified atom stereocenters. The minimum atomic E-state index is -0.648. The molecule has 1 saturated heterocycles. The van der Waals surface area contributed by atoms with Gasteiger partial charge in [0, 0.05) is 32.4 Å². The molecule has 2 rings (SSSR count). The number of ether oxygens (including phenoxy) is 3. The van der Waals surface area contributed by atoms with E-state index in [1.807, 2.05) is 39.0 Å². The number of rotatable bonds is 9. The topological polar surface area (TPSA) is 105 Å². The Morgan fingerprint density at radius 1 is 1.06 bits per heavy atom. The molecule has 1 fully saturated rings. The van der Waals surface area contributed by atoms with Crippen LogP contribution in [0.3, 0.4) is 0 Å². The monoisotopic (exact) mass is 469 g/mol. The van der Waals surface area contributed by atoms with E-state index in [1.165, 1.54) is 26.0 Å². The van der Waals surface area contributed by atoms with Gasteiger partial charge in [-0.15, -0.1) is 0 Å². The van der Waals surface area contributed by atoms with Crippen LogP contribution in [0.5, 0.6) is 0 Å². The number of esters is 2. The summed E-state index contributed by atoms with van der Waals surface area (Å²) >= 11 is 0. The fourth-order valence-electron chi connectivity index (χ4n) is 3.68. The van der Waals surface area contributed by atoms with Crippen molar-refractivity contribution in [1.29, 1.82) is 0 Å². The molecule has 0 aliphatic carbocycles. The molecule has 0 aromatic heterocycles. The Kier molecular flexibility index (Phi) is 9.94. The summed E-state index contributed by atoms with van der Waals surface area (Å²) in [5.74, 6) is -0.892. The number of carbonyl (C=O) groups is 2. The number of nitro benzene ring substituents is 1. The Bertz CT molecular complexity index is 1030. The largest absolute Gasteiger partial charge is 0.462 e. The standard InChI is InChI=1S/C26H31NO7/c1-17(10-18(2)12-22-6-8-24(9-7-22)27(30)31)11-19(3)13-23-14-25(33-15-23)26(34-21(5)29)16-32-20(4)28/h6-13,25-26H,14-16H2,1-5H3/b17-10+,18-12+,19-11+,23-13-/t25-,26+/m1/s1. The lowest BCUT2D eigenvalue weighted by Gasteiger charge is -2.21. The quantitative estimate of drug-likeness (QED) is 0.214. The van der Waals surface area contributed by atoms with Crippen LogP contribution in [0.15, 0.2) is 64.8 Å². The van der Waals surface area contributed by atoms with Crippen molar-refractivity contribution in [3.8, 4) is 0 Å². The molecule has 8 nitrogen and oxygen atoms in total. The zero-order chi connectivity index (χ0) is 25.3. The maximum absolute atomic E-state index is 11.4. The predicted octanol–water partition coefficient (Wildman–Crippen LogP) is 5.10. The van der Waals surface area contributed by atoms with Gasteiger partial charge in [0.1, 0.15) is 12.7 Å². The second kappa shape index (κ2) is 12.6. The molecule has 0 bridgehead atoms. The Hall–Kier alpha value is -3.52. The summed E-state index contributed by atoms with van der Waals surface area (Å²) in [7, 11) is 0. The number of allylic oxidation sites excluding steroid dienone is 6. The van der Waals surface area contributed by atoms with E-state index in [0.717, 1.165) is 27.9 Å². The first-order chi connectivity index (χ1) is 16.0.